The van der Waals surface area contributed by atoms with Crippen LogP contribution >= 0.6 is 11.6 Å². The minimum Gasteiger partial charge on any atom is -0.490 e. The summed E-state index contributed by atoms with van der Waals surface area (Å²) < 4.78 is 10.9. The molecule has 0 aromatic heterocycles. The predicted octanol–water partition coefficient (Wildman–Crippen LogP) is 5.36. The molecule has 8 heteroatoms. The second-order valence-electron chi connectivity index (χ2n) is 7.95. The van der Waals surface area contributed by atoms with E-state index in [2.05, 4.69) is 5.32 Å². The number of aryl methyl sites for hydroxylation is 2. The molecule has 4 rings (SSSR count). The Balaban J connectivity index is 1.49. The van der Waals surface area contributed by atoms with E-state index in [1.807, 2.05) is 26.8 Å². The summed E-state index contributed by atoms with van der Waals surface area (Å²) in [6.45, 7) is 6.06. The molecule has 0 spiro atoms. The van der Waals surface area contributed by atoms with Crippen LogP contribution in [0.15, 0.2) is 77.5 Å². The van der Waals surface area contributed by atoms with Gasteiger partial charge in [0.25, 0.3) is 11.8 Å². The van der Waals surface area contributed by atoms with Crippen LogP contribution < -0.4 is 19.7 Å². The molecule has 0 radical (unpaired) electrons. The van der Waals surface area contributed by atoms with Crippen molar-refractivity contribution in [2.24, 2.45) is 0 Å². The minimum absolute atomic E-state index is 0.0307. The van der Waals surface area contributed by atoms with Gasteiger partial charge in [-0.05, 0) is 80.4 Å². The predicted molar refractivity (Wildman–Crippen MR) is 134 cm³/mol. The molecule has 35 heavy (non-hydrogen) atoms. The lowest BCUT2D eigenvalue weighted by Gasteiger charge is -2.16. The van der Waals surface area contributed by atoms with Gasteiger partial charge >= 0.3 is 5.97 Å². The quantitative estimate of drug-likeness (QED) is 0.273. The van der Waals surface area contributed by atoms with E-state index in [0.717, 1.165) is 16.0 Å². The average Bonchev–Trinajstić information content (AvgIpc) is 3.03. The highest BCUT2D eigenvalue weighted by Crippen LogP contribution is 2.31. The van der Waals surface area contributed by atoms with E-state index >= 15 is 0 Å². The summed E-state index contributed by atoms with van der Waals surface area (Å²) in [5.74, 6) is -0.923. The van der Waals surface area contributed by atoms with Gasteiger partial charge in [0.05, 0.1) is 17.9 Å². The lowest BCUT2D eigenvalue weighted by molar-refractivity contribution is -0.120. The SMILES string of the molecule is CCOc1ccccc1OC(=O)c1ccc(NC2=C(Cl)C(=O)N(c3cc(C)cc(C)c3)C2=O)cc1. The maximum Gasteiger partial charge on any atom is 0.343 e. The first-order valence-electron chi connectivity index (χ1n) is 11.0. The van der Waals surface area contributed by atoms with E-state index in [0.29, 0.717) is 35.0 Å². The molecule has 1 aliphatic rings. The van der Waals surface area contributed by atoms with E-state index < -0.39 is 17.8 Å². The molecule has 3 aromatic rings. The summed E-state index contributed by atoms with van der Waals surface area (Å²) in [6, 6.07) is 18.6. The Morgan fingerprint density at radius 1 is 0.914 bits per heavy atom. The Hall–Kier alpha value is -4.10. The molecule has 0 bridgehead atoms. The molecule has 3 aromatic carbocycles. The van der Waals surface area contributed by atoms with Crippen LogP contribution in [0.4, 0.5) is 11.4 Å². The number of hydrogen-bond donors (Lipinski definition) is 1. The summed E-state index contributed by atoms with van der Waals surface area (Å²) in [5.41, 5.74) is 3.05. The third-order valence-corrected chi connectivity index (χ3v) is 5.58. The standard InChI is InChI=1S/C27H23ClN2O5/c1-4-34-21-7-5-6-8-22(21)35-27(33)18-9-11-19(12-10-18)29-24-23(28)25(31)30(26(24)32)20-14-16(2)13-17(3)15-20/h5-15,29H,4H2,1-3H3. The Labute approximate surface area is 207 Å². The molecule has 0 aliphatic carbocycles. The van der Waals surface area contributed by atoms with Crippen LogP contribution in [0.1, 0.15) is 28.4 Å². The van der Waals surface area contributed by atoms with Crippen molar-refractivity contribution in [3.63, 3.8) is 0 Å². The minimum atomic E-state index is -0.600. The number of halogens is 1. The summed E-state index contributed by atoms with van der Waals surface area (Å²) >= 11 is 6.23. The van der Waals surface area contributed by atoms with E-state index in [1.165, 1.54) is 0 Å². The molecular formula is C27H23ClN2O5. The maximum atomic E-state index is 13.0. The molecule has 1 heterocycles. The fraction of sp³-hybridized carbons (Fsp3) is 0.148. The average molecular weight is 491 g/mol. The Morgan fingerprint density at radius 2 is 1.54 bits per heavy atom. The third kappa shape index (κ3) is 5.05. The van der Waals surface area contributed by atoms with Crippen LogP contribution in [0.2, 0.25) is 0 Å². The number of para-hydroxylation sites is 2. The van der Waals surface area contributed by atoms with Crippen LogP contribution in [0, 0.1) is 13.8 Å². The van der Waals surface area contributed by atoms with E-state index in [9.17, 15) is 14.4 Å². The van der Waals surface area contributed by atoms with Gasteiger partial charge in [-0.15, -0.1) is 0 Å². The van der Waals surface area contributed by atoms with Crippen molar-refractivity contribution >= 4 is 40.8 Å². The Morgan fingerprint density at radius 3 is 2.17 bits per heavy atom. The number of nitrogens with zero attached hydrogens (tertiary/aromatic N) is 1. The highest BCUT2D eigenvalue weighted by molar-refractivity contribution is 6.53. The number of benzene rings is 3. The number of nitrogens with one attached hydrogen (secondary N) is 1. The summed E-state index contributed by atoms with van der Waals surface area (Å²) in [5, 5.41) is 2.70. The molecule has 1 aliphatic heterocycles. The number of rotatable bonds is 7. The first-order valence-corrected chi connectivity index (χ1v) is 11.3. The maximum absolute atomic E-state index is 13.0. The van der Waals surface area contributed by atoms with Gasteiger partial charge in [0, 0.05) is 5.69 Å². The van der Waals surface area contributed by atoms with Gasteiger partial charge in [0.15, 0.2) is 11.5 Å². The summed E-state index contributed by atoms with van der Waals surface area (Å²) in [4.78, 5) is 39.4. The number of carbonyl (C=O) groups is 3. The van der Waals surface area contributed by atoms with Gasteiger partial charge in [-0.2, -0.15) is 0 Å². The van der Waals surface area contributed by atoms with Gasteiger partial charge in [-0.25, -0.2) is 9.69 Å². The fourth-order valence-electron chi connectivity index (χ4n) is 3.73. The Kier molecular flexibility index (Phi) is 6.89. The van der Waals surface area contributed by atoms with Crippen molar-refractivity contribution in [3.05, 3.63) is 94.1 Å². The zero-order valence-electron chi connectivity index (χ0n) is 19.4. The van der Waals surface area contributed by atoms with Crippen molar-refractivity contribution in [1.82, 2.24) is 0 Å². The highest BCUT2D eigenvalue weighted by Gasteiger charge is 2.39. The molecule has 2 amide bonds. The molecule has 0 fully saturated rings. The molecule has 0 saturated heterocycles. The normalized spacial score (nSPS) is 13.3. The van der Waals surface area contributed by atoms with E-state index in [-0.39, 0.29) is 10.7 Å². The van der Waals surface area contributed by atoms with Crippen molar-refractivity contribution in [2.75, 3.05) is 16.8 Å². The number of hydrogen-bond acceptors (Lipinski definition) is 6. The van der Waals surface area contributed by atoms with Crippen LogP contribution in [-0.4, -0.2) is 24.4 Å². The molecule has 0 saturated carbocycles. The van der Waals surface area contributed by atoms with Crippen LogP contribution in [0.5, 0.6) is 11.5 Å². The second kappa shape index (κ2) is 10.0. The van der Waals surface area contributed by atoms with E-state index in [4.69, 9.17) is 21.1 Å². The molecule has 7 nitrogen and oxygen atoms in total. The lowest BCUT2D eigenvalue weighted by atomic mass is 10.1. The second-order valence-corrected chi connectivity index (χ2v) is 8.33. The highest BCUT2D eigenvalue weighted by atomic mass is 35.5. The van der Waals surface area contributed by atoms with Crippen LogP contribution in [0.25, 0.3) is 0 Å². The van der Waals surface area contributed by atoms with Gasteiger partial charge < -0.3 is 14.8 Å². The van der Waals surface area contributed by atoms with E-state index in [1.54, 1.807) is 60.7 Å². The molecule has 178 valence electrons. The number of carbonyl (C=O) groups excluding carboxylic acids is 3. The van der Waals surface area contributed by atoms with Crippen LogP contribution in [-0.2, 0) is 9.59 Å². The summed E-state index contributed by atoms with van der Waals surface area (Å²) in [6.07, 6.45) is 0. The Bertz CT molecular complexity index is 1330. The zero-order chi connectivity index (χ0) is 25.1. The largest absolute Gasteiger partial charge is 0.490 e. The number of ether oxygens (including phenoxy) is 2. The van der Waals surface area contributed by atoms with Crippen molar-refractivity contribution < 1.29 is 23.9 Å². The van der Waals surface area contributed by atoms with Crippen molar-refractivity contribution in [1.29, 1.82) is 0 Å². The smallest absolute Gasteiger partial charge is 0.343 e. The third-order valence-electron chi connectivity index (χ3n) is 5.23. The van der Waals surface area contributed by atoms with Crippen molar-refractivity contribution in [2.45, 2.75) is 20.8 Å². The zero-order valence-corrected chi connectivity index (χ0v) is 20.2. The monoisotopic (exact) mass is 490 g/mol. The van der Waals surface area contributed by atoms with Gasteiger partial charge in [-0.1, -0.05) is 29.8 Å². The fourth-order valence-corrected chi connectivity index (χ4v) is 3.94. The lowest BCUT2D eigenvalue weighted by Crippen LogP contribution is -2.32. The first kappa shape index (κ1) is 24.0. The molecule has 1 N–H and O–H groups in total. The number of esters is 1. The molecule has 0 atom stereocenters. The summed E-state index contributed by atoms with van der Waals surface area (Å²) in [7, 11) is 0. The molecule has 0 unspecified atom stereocenters. The number of anilines is 2. The molecular weight excluding hydrogens is 468 g/mol. The van der Waals surface area contributed by atoms with Gasteiger partial charge in [-0.3, -0.25) is 9.59 Å². The van der Waals surface area contributed by atoms with Gasteiger partial charge in [0.2, 0.25) is 0 Å². The topological polar surface area (TPSA) is 84.9 Å². The van der Waals surface area contributed by atoms with Crippen LogP contribution in [0.3, 0.4) is 0 Å². The first-order chi connectivity index (χ1) is 16.8. The number of amides is 2. The van der Waals surface area contributed by atoms with Crippen molar-refractivity contribution in [3.8, 4) is 11.5 Å². The van der Waals surface area contributed by atoms with Gasteiger partial charge in [0.1, 0.15) is 10.7 Å². The number of imide groups is 1.